The SMILES string of the molecule is Cc1ccc(O[C@@H](C)C(=O)NCCc2csc(-c3ccccc3)n2)cc1C. The number of benzene rings is 2. The van der Waals surface area contributed by atoms with Crippen molar-refractivity contribution in [1.82, 2.24) is 10.3 Å². The summed E-state index contributed by atoms with van der Waals surface area (Å²) in [6.45, 7) is 6.39. The fourth-order valence-corrected chi connectivity index (χ4v) is 3.50. The van der Waals surface area contributed by atoms with Gasteiger partial charge < -0.3 is 10.1 Å². The van der Waals surface area contributed by atoms with Gasteiger partial charge >= 0.3 is 0 Å². The molecule has 1 aromatic heterocycles. The highest BCUT2D eigenvalue weighted by atomic mass is 32.1. The number of thiazole rings is 1. The average molecular weight is 381 g/mol. The average Bonchev–Trinajstić information content (AvgIpc) is 3.14. The zero-order valence-electron chi connectivity index (χ0n) is 15.9. The van der Waals surface area contributed by atoms with Crippen LogP contribution in [0.5, 0.6) is 5.75 Å². The quantitative estimate of drug-likeness (QED) is 0.654. The van der Waals surface area contributed by atoms with Crippen LogP contribution in [-0.4, -0.2) is 23.5 Å². The summed E-state index contributed by atoms with van der Waals surface area (Å²) in [6.07, 6.45) is 0.160. The molecule has 3 rings (SSSR count). The van der Waals surface area contributed by atoms with Crippen LogP contribution < -0.4 is 10.1 Å². The van der Waals surface area contributed by atoms with Gasteiger partial charge in [0.1, 0.15) is 10.8 Å². The van der Waals surface area contributed by atoms with Gasteiger partial charge in [-0.1, -0.05) is 36.4 Å². The molecule has 1 amide bonds. The number of rotatable bonds is 7. The first-order valence-corrected chi connectivity index (χ1v) is 9.92. The molecule has 0 unspecified atom stereocenters. The van der Waals surface area contributed by atoms with E-state index in [1.54, 1.807) is 18.3 Å². The first-order valence-electron chi connectivity index (χ1n) is 9.04. The molecule has 0 saturated carbocycles. The lowest BCUT2D eigenvalue weighted by molar-refractivity contribution is -0.127. The van der Waals surface area contributed by atoms with Crippen molar-refractivity contribution in [2.24, 2.45) is 0 Å². The Kier molecular flexibility index (Phi) is 6.24. The second kappa shape index (κ2) is 8.82. The van der Waals surface area contributed by atoms with Crippen LogP contribution in [0.1, 0.15) is 23.7 Å². The van der Waals surface area contributed by atoms with Crippen LogP contribution in [0.3, 0.4) is 0 Å². The number of aryl methyl sites for hydroxylation is 2. The van der Waals surface area contributed by atoms with E-state index in [1.165, 1.54) is 5.56 Å². The Morgan fingerprint density at radius 1 is 1.15 bits per heavy atom. The highest BCUT2D eigenvalue weighted by Gasteiger charge is 2.14. The van der Waals surface area contributed by atoms with Gasteiger partial charge in [0.05, 0.1) is 5.69 Å². The normalized spacial score (nSPS) is 11.8. The number of carbonyl (C=O) groups is 1. The summed E-state index contributed by atoms with van der Waals surface area (Å²) in [6, 6.07) is 16.0. The fourth-order valence-electron chi connectivity index (χ4n) is 2.64. The minimum atomic E-state index is -0.539. The number of aromatic nitrogens is 1. The largest absolute Gasteiger partial charge is 0.481 e. The maximum atomic E-state index is 12.3. The maximum Gasteiger partial charge on any atom is 0.260 e. The van der Waals surface area contributed by atoms with E-state index in [2.05, 4.69) is 29.4 Å². The third kappa shape index (κ3) is 5.17. The number of ether oxygens (including phenoxy) is 1. The Bertz CT molecular complexity index is 906. The summed E-state index contributed by atoms with van der Waals surface area (Å²) < 4.78 is 5.75. The van der Waals surface area contributed by atoms with Gasteiger partial charge in [-0.05, 0) is 44.0 Å². The number of hydrogen-bond acceptors (Lipinski definition) is 4. The lowest BCUT2D eigenvalue weighted by atomic mass is 10.1. The van der Waals surface area contributed by atoms with Gasteiger partial charge in [0.15, 0.2) is 6.10 Å². The topological polar surface area (TPSA) is 51.2 Å². The molecule has 1 atom stereocenters. The van der Waals surface area contributed by atoms with E-state index in [0.29, 0.717) is 18.7 Å². The molecule has 0 saturated heterocycles. The summed E-state index contributed by atoms with van der Waals surface area (Å²) in [7, 11) is 0. The lowest BCUT2D eigenvalue weighted by Crippen LogP contribution is -2.37. The van der Waals surface area contributed by atoms with Crippen molar-refractivity contribution < 1.29 is 9.53 Å². The molecule has 140 valence electrons. The number of nitrogens with zero attached hydrogens (tertiary/aromatic N) is 1. The third-order valence-corrected chi connectivity index (χ3v) is 5.35. The third-order valence-electron chi connectivity index (χ3n) is 4.41. The molecule has 0 bridgehead atoms. The summed E-state index contributed by atoms with van der Waals surface area (Å²) in [4.78, 5) is 16.9. The summed E-state index contributed by atoms with van der Waals surface area (Å²) >= 11 is 1.62. The summed E-state index contributed by atoms with van der Waals surface area (Å²) in [5, 5.41) is 5.98. The predicted molar refractivity (Wildman–Crippen MR) is 110 cm³/mol. The molecular weight excluding hydrogens is 356 g/mol. The van der Waals surface area contributed by atoms with E-state index in [9.17, 15) is 4.79 Å². The molecule has 0 spiro atoms. The number of hydrogen-bond donors (Lipinski definition) is 1. The Morgan fingerprint density at radius 2 is 1.93 bits per heavy atom. The number of amides is 1. The van der Waals surface area contributed by atoms with Gasteiger partial charge in [-0.15, -0.1) is 11.3 Å². The van der Waals surface area contributed by atoms with Crippen molar-refractivity contribution in [2.75, 3.05) is 6.54 Å². The van der Waals surface area contributed by atoms with Crippen LogP contribution in [-0.2, 0) is 11.2 Å². The second-order valence-electron chi connectivity index (χ2n) is 6.56. The number of carbonyl (C=O) groups excluding carboxylic acids is 1. The molecule has 27 heavy (non-hydrogen) atoms. The van der Waals surface area contributed by atoms with Gasteiger partial charge in [0.2, 0.25) is 0 Å². The lowest BCUT2D eigenvalue weighted by Gasteiger charge is -2.15. The van der Waals surface area contributed by atoms with Gasteiger partial charge in [-0.25, -0.2) is 4.98 Å². The van der Waals surface area contributed by atoms with E-state index in [0.717, 1.165) is 21.8 Å². The monoisotopic (exact) mass is 380 g/mol. The van der Waals surface area contributed by atoms with E-state index >= 15 is 0 Å². The minimum Gasteiger partial charge on any atom is -0.481 e. The molecular formula is C22H24N2O2S. The zero-order valence-corrected chi connectivity index (χ0v) is 16.7. The van der Waals surface area contributed by atoms with Crippen LogP contribution in [0.15, 0.2) is 53.9 Å². The molecule has 1 N–H and O–H groups in total. The van der Waals surface area contributed by atoms with Gasteiger partial charge in [0, 0.05) is 23.9 Å². The Morgan fingerprint density at radius 3 is 2.67 bits per heavy atom. The van der Waals surface area contributed by atoms with Crippen molar-refractivity contribution in [3.05, 3.63) is 70.7 Å². The Balaban J connectivity index is 1.47. The molecule has 0 aliphatic rings. The molecule has 1 heterocycles. The standard InChI is InChI=1S/C22H24N2O2S/c1-15-9-10-20(13-16(15)2)26-17(3)21(25)23-12-11-19-14-27-22(24-19)18-7-5-4-6-8-18/h4-10,13-14,17H,11-12H2,1-3H3,(H,23,25)/t17-/m0/s1. The van der Waals surface area contributed by atoms with Crippen molar-refractivity contribution in [3.8, 4) is 16.3 Å². The smallest absolute Gasteiger partial charge is 0.260 e. The van der Waals surface area contributed by atoms with Crippen LogP contribution >= 0.6 is 11.3 Å². The van der Waals surface area contributed by atoms with Crippen molar-refractivity contribution >= 4 is 17.2 Å². The van der Waals surface area contributed by atoms with Gasteiger partial charge in [-0.2, -0.15) is 0 Å². The van der Waals surface area contributed by atoms with Crippen LogP contribution in [0.25, 0.3) is 10.6 Å². The van der Waals surface area contributed by atoms with E-state index in [-0.39, 0.29) is 5.91 Å². The molecule has 0 fully saturated rings. The summed E-state index contributed by atoms with van der Waals surface area (Å²) in [5.41, 5.74) is 4.46. The fraction of sp³-hybridized carbons (Fsp3) is 0.273. The van der Waals surface area contributed by atoms with Crippen LogP contribution in [0.4, 0.5) is 0 Å². The highest BCUT2D eigenvalue weighted by molar-refractivity contribution is 7.13. The maximum absolute atomic E-state index is 12.3. The molecule has 3 aromatic rings. The Labute approximate surface area is 164 Å². The van der Waals surface area contributed by atoms with Crippen molar-refractivity contribution in [3.63, 3.8) is 0 Å². The molecule has 0 aliphatic carbocycles. The molecule has 5 heteroatoms. The first-order chi connectivity index (χ1) is 13.0. The van der Waals surface area contributed by atoms with Crippen LogP contribution in [0.2, 0.25) is 0 Å². The van der Waals surface area contributed by atoms with E-state index in [4.69, 9.17) is 4.74 Å². The Hall–Kier alpha value is -2.66. The predicted octanol–water partition coefficient (Wildman–Crippen LogP) is 4.55. The van der Waals surface area contributed by atoms with Gasteiger partial charge in [-0.3, -0.25) is 4.79 Å². The van der Waals surface area contributed by atoms with Crippen molar-refractivity contribution in [1.29, 1.82) is 0 Å². The zero-order chi connectivity index (χ0) is 19.2. The second-order valence-corrected chi connectivity index (χ2v) is 7.42. The molecule has 4 nitrogen and oxygen atoms in total. The van der Waals surface area contributed by atoms with Crippen LogP contribution in [0, 0.1) is 13.8 Å². The molecule has 2 aromatic carbocycles. The summed E-state index contributed by atoms with van der Waals surface area (Å²) in [5.74, 6) is 0.597. The van der Waals surface area contributed by atoms with Gasteiger partial charge in [0.25, 0.3) is 5.91 Å². The molecule has 0 aliphatic heterocycles. The van der Waals surface area contributed by atoms with E-state index < -0.39 is 6.10 Å². The number of nitrogens with one attached hydrogen (secondary N) is 1. The molecule has 0 radical (unpaired) electrons. The highest BCUT2D eigenvalue weighted by Crippen LogP contribution is 2.23. The van der Waals surface area contributed by atoms with E-state index in [1.807, 2.05) is 48.7 Å². The first kappa shape index (κ1) is 19.1. The van der Waals surface area contributed by atoms with Crippen molar-refractivity contribution in [2.45, 2.75) is 33.3 Å². The minimum absolute atomic E-state index is 0.119.